The third-order valence-electron chi connectivity index (χ3n) is 2.48. The lowest BCUT2D eigenvalue weighted by Gasteiger charge is -2.06. The van der Waals surface area contributed by atoms with Crippen LogP contribution in [0.25, 0.3) is 5.57 Å². The maximum Gasteiger partial charge on any atom is 0.248 e. The number of hydrogen-bond acceptors (Lipinski definition) is 2. The third-order valence-corrected chi connectivity index (χ3v) is 2.48. The van der Waals surface area contributed by atoms with Crippen LogP contribution in [0, 0.1) is 0 Å². The summed E-state index contributed by atoms with van der Waals surface area (Å²) in [4.78, 5) is 11.0. The van der Waals surface area contributed by atoms with Crippen molar-refractivity contribution in [2.45, 2.75) is 0 Å². The van der Waals surface area contributed by atoms with Gasteiger partial charge in [0, 0.05) is 5.57 Å². The molecule has 90 valence electrons. The largest absolute Gasteiger partial charge is 0.457 e. The SMILES string of the molecule is C=C(C(N)=O)c1ccc(Oc2ccccc2)cc1. The van der Waals surface area contributed by atoms with Crippen molar-refractivity contribution in [3.63, 3.8) is 0 Å². The van der Waals surface area contributed by atoms with Crippen LogP contribution >= 0.6 is 0 Å². The molecule has 3 nitrogen and oxygen atoms in total. The van der Waals surface area contributed by atoms with Crippen LogP contribution in [0.15, 0.2) is 61.2 Å². The van der Waals surface area contributed by atoms with Gasteiger partial charge in [0.2, 0.25) is 5.91 Å². The molecule has 0 atom stereocenters. The zero-order chi connectivity index (χ0) is 13.0. The smallest absolute Gasteiger partial charge is 0.248 e. The fourth-order valence-corrected chi connectivity index (χ4v) is 1.49. The van der Waals surface area contributed by atoms with Crippen LogP contribution in [0.5, 0.6) is 11.5 Å². The van der Waals surface area contributed by atoms with Crippen LogP contribution < -0.4 is 10.5 Å². The van der Waals surface area contributed by atoms with Gasteiger partial charge in [0.05, 0.1) is 0 Å². The molecule has 2 aromatic rings. The number of hydrogen-bond donors (Lipinski definition) is 1. The van der Waals surface area contributed by atoms with E-state index < -0.39 is 5.91 Å². The molecule has 2 aromatic carbocycles. The maximum absolute atomic E-state index is 11.0. The van der Waals surface area contributed by atoms with Crippen molar-refractivity contribution >= 4 is 11.5 Å². The Balaban J connectivity index is 2.13. The topological polar surface area (TPSA) is 52.3 Å². The summed E-state index contributed by atoms with van der Waals surface area (Å²) in [5.74, 6) is 0.938. The standard InChI is InChI=1S/C15H13NO2/c1-11(15(16)17)12-7-9-14(10-8-12)18-13-5-3-2-4-6-13/h2-10H,1H2,(H2,16,17). The lowest BCUT2D eigenvalue weighted by atomic mass is 10.1. The highest BCUT2D eigenvalue weighted by Gasteiger charge is 2.05. The predicted octanol–water partition coefficient (Wildman–Crippen LogP) is 2.98. The summed E-state index contributed by atoms with van der Waals surface area (Å²) in [6.07, 6.45) is 0. The average molecular weight is 239 g/mol. The van der Waals surface area contributed by atoms with Crippen LogP contribution in [-0.4, -0.2) is 5.91 Å². The van der Waals surface area contributed by atoms with Crippen molar-refractivity contribution in [1.29, 1.82) is 0 Å². The fraction of sp³-hybridized carbons (Fsp3) is 0. The normalized spacial score (nSPS) is 9.78. The van der Waals surface area contributed by atoms with Gasteiger partial charge >= 0.3 is 0 Å². The van der Waals surface area contributed by atoms with Crippen molar-refractivity contribution in [1.82, 2.24) is 0 Å². The highest BCUT2D eigenvalue weighted by molar-refractivity contribution is 6.17. The Morgan fingerprint density at radius 1 is 0.944 bits per heavy atom. The number of primary amides is 1. The highest BCUT2D eigenvalue weighted by atomic mass is 16.5. The number of ether oxygens (including phenoxy) is 1. The summed E-state index contributed by atoms with van der Waals surface area (Å²) in [6, 6.07) is 16.5. The van der Waals surface area contributed by atoms with Gasteiger partial charge < -0.3 is 10.5 Å². The van der Waals surface area contributed by atoms with Gasteiger partial charge in [-0.05, 0) is 29.8 Å². The first-order valence-corrected chi connectivity index (χ1v) is 5.49. The molecule has 2 N–H and O–H groups in total. The van der Waals surface area contributed by atoms with E-state index in [9.17, 15) is 4.79 Å². The van der Waals surface area contributed by atoms with E-state index in [-0.39, 0.29) is 0 Å². The first-order valence-electron chi connectivity index (χ1n) is 5.49. The van der Waals surface area contributed by atoms with Crippen molar-refractivity contribution in [3.05, 3.63) is 66.7 Å². The molecule has 0 bridgehead atoms. The summed E-state index contributed by atoms with van der Waals surface area (Å²) in [7, 11) is 0. The number of rotatable bonds is 4. The van der Waals surface area contributed by atoms with E-state index in [0.29, 0.717) is 16.9 Å². The number of para-hydroxylation sites is 1. The summed E-state index contributed by atoms with van der Waals surface area (Å²) < 4.78 is 5.63. The van der Waals surface area contributed by atoms with Gasteiger partial charge in [-0.2, -0.15) is 0 Å². The Labute approximate surface area is 106 Å². The summed E-state index contributed by atoms with van der Waals surface area (Å²) in [6.45, 7) is 3.62. The number of nitrogens with two attached hydrogens (primary N) is 1. The van der Waals surface area contributed by atoms with E-state index in [1.165, 1.54) is 0 Å². The second-order valence-corrected chi connectivity index (χ2v) is 3.78. The number of benzene rings is 2. The van der Waals surface area contributed by atoms with Crippen LogP contribution in [-0.2, 0) is 4.79 Å². The van der Waals surface area contributed by atoms with Gasteiger partial charge in [0.1, 0.15) is 11.5 Å². The minimum Gasteiger partial charge on any atom is -0.457 e. The third kappa shape index (κ3) is 2.77. The first-order chi connectivity index (χ1) is 8.66. The van der Waals surface area contributed by atoms with E-state index >= 15 is 0 Å². The van der Waals surface area contributed by atoms with Gasteiger partial charge in [-0.25, -0.2) is 0 Å². The number of amides is 1. The second-order valence-electron chi connectivity index (χ2n) is 3.78. The average Bonchev–Trinajstić information content (AvgIpc) is 2.40. The van der Waals surface area contributed by atoms with Crippen LogP contribution in [0.4, 0.5) is 0 Å². The Morgan fingerprint density at radius 2 is 1.50 bits per heavy atom. The van der Waals surface area contributed by atoms with Gasteiger partial charge in [-0.15, -0.1) is 0 Å². The predicted molar refractivity (Wildman–Crippen MR) is 71.2 cm³/mol. The molecule has 0 spiro atoms. The fourth-order valence-electron chi connectivity index (χ4n) is 1.49. The Hall–Kier alpha value is -2.55. The molecule has 2 rings (SSSR count). The Kier molecular flexibility index (Phi) is 3.44. The molecule has 0 fully saturated rings. The molecule has 18 heavy (non-hydrogen) atoms. The van der Waals surface area contributed by atoms with Gasteiger partial charge in [0.25, 0.3) is 0 Å². The Bertz CT molecular complexity index is 559. The van der Waals surface area contributed by atoms with Gasteiger partial charge in [-0.3, -0.25) is 4.79 Å². The van der Waals surface area contributed by atoms with E-state index in [2.05, 4.69) is 6.58 Å². The zero-order valence-corrected chi connectivity index (χ0v) is 9.80. The monoisotopic (exact) mass is 239 g/mol. The maximum atomic E-state index is 11.0. The quantitative estimate of drug-likeness (QED) is 0.834. The molecule has 0 heterocycles. The molecule has 0 aliphatic rings. The minimum atomic E-state index is -0.522. The van der Waals surface area contributed by atoms with Crippen molar-refractivity contribution < 1.29 is 9.53 Å². The first kappa shape index (κ1) is 11.9. The molecule has 0 saturated carbocycles. The summed E-state index contributed by atoms with van der Waals surface area (Å²) >= 11 is 0. The van der Waals surface area contributed by atoms with Crippen LogP contribution in [0.1, 0.15) is 5.56 Å². The molecule has 0 aromatic heterocycles. The zero-order valence-electron chi connectivity index (χ0n) is 9.80. The highest BCUT2D eigenvalue weighted by Crippen LogP contribution is 2.22. The van der Waals surface area contributed by atoms with Gasteiger partial charge in [0.15, 0.2) is 0 Å². The molecule has 1 amide bonds. The summed E-state index contributed by atoms with van der Waals surface area (Å²) in [5.41, 5.74) is 6.15. The minimum absolute atomic E-state index is 0.293. The van der Waals surface area contributed by atoms with Crippen LogP contribution in [0.3, 0.4) is 0 Å². The van der Waals surface area contributed by atoms with E-state index in [0.717, 1.165) is 5.75 Å². The van der Waals surface area contributed by atoms with Crippen molar-refractivity contribution in [2.24, 2.45) is 5.73 Å². The molecule has 0 saturated heterocycles. The van der Waals surface area contributed by atoms with E-state index in [1.54, 1.807) is 24.3 Å². The van der Waals surface area contributed by atoms with E-state index in [1.807, 2.05) is 30.3 Å². The second kappa shape index (κ2) is 5.19. The lowest BCUT2D eigenvalue weighted by molar-refractivity contribution is -0.112. The molecule has 0 unspecified atom stereocenters. The molecule has 0 aliphatic heterocycles. The van der Waals surface area contributed by atoms with E-state index in [4.69, 9.17) is 10.5 Å². The van der Waals surface area contributed by atoms with Crippen molar-refractivity contribution in [2.75, 3.05) is 0 Å². The lowest BCUT2D eigenvalue weighted by Crippen LogP contribution is -2.11. The molecule has 3 heteroatoms. The summed E-state index contributed by atoms with van der Waals surface area (Å²) in [5, 5.41) is 0. The Morgan fingerprint density at radius 3 is 2.06 bits per heavy atom. The molecular weight excluding hydrogens is 226 g/mol. The number of carbonyl (C=O) groups excluding carboxylic acids is 1. The van der Waals surface area contributed by atoms with Crippen LogP contribution in [0.2, 0.25) is 0 Å². The van der Waals surface area contributed by atoms with Gasteiger partial charge in [-0.1, -0.05) is 36.9 Å². The molecule has 0 aliphatic carbocycles. The number of carbonyl (C=O) groups is 1. The van der Waals surface area contributed by atoms with Crippen molar-refractivity contribution in [3.8, 4) is 11.5 Å². The molecular formula is C15H13NO2. The molecule has 0 radical (unpaired) electrons.